The maximum absolute atomic E-state index is 5.41. The van der Waals surface area contributed by atoms with E-state index in [0.29, 0.717) is 5.92 Å². The molecular weight excluding hydrogens is 264 g/mol. The van der Waals surface area contributed by atoms with Crippen molar-refractivity contribution in [2.24, 2.45) is 0 Å². The lowest BCUT2D eigenvalue weighted by molar-refractivity contribution is 0.0836. The molecule has 1 saturated heterocycles. The van der Waals surface area contributed by atoms with Gasteiger partial charge >= 0.3 is 0 Å². The molecule has 1 aromatic carbocycles. The van der Waals surface area contributed by atoms with E-state index < -0.39 is 0 Å². The highest BCUT2D eigenvalue weighted by atomic mass is 16.5. The fourth-order valence-electron chi connectivity index (χ4n) is 3.23. The van der Waals surface area contributed by atoms with E-state index in [0.717, 1.165) is 50.7 Å². The molecule has 1 aromatic heterocycles. The quantitative estimate of drug-likeness (QED) is 0.886. The molecule has 0 spiro atoms. The molecule has 0 radical (unpaired) electrons. The first-order chi connectivity index (χ1) is 10.4. The van der Waals surface area contributed by atoms with Crippen LogP contribution in [0.2, 0.25) is 0 Å². The zero-order valence-electron chi connectivity index (χ0n) is 12.0. The largest absolute Gasteiger partial charge is 0.381 e. The molecule has 0 bridgehead atoms. The van der Waals surface area contributed by atoms with Gasteiger partial charge in [0.2, 0.25) is 0 Å². The van der Waals surface area contributed by atoms with Crippen molar-refractivity contribution in [1.82, 2.24) is 20.5 Å². The van der Waals surface area contributed by atoms with Crippen LogP contribution >= 0.6 is 0 Å². The predicted octanol–water partition coefficient (Wildman–Crippen LogP) is 2.09. The second kappa shape index (κ2) is 5.58. The van der Waals surface area contributed by atoms with Gasteiger partial charge in [0.25, 0.3) is 0 Å². The standard InChI is InChI=1S/C16H20N4O/c1-2-4-13-10-17-14(9-12(13)3-1)16-18-15(19-20-16)11-5-7-21-8-6-11/h1-4,11,14,17H,5-10H2,(H,18,19,20)/t14-/m1/s1. The SMILES string of the molecule is c1ccc2c(c1)CN[C@@H](c1nc(C3CCOCC3)n[nH]1)C2. The topological polar surface area (TPSA) is 62.8 Å². The summed E-state index contributed by atoms with van der Waals surface area (Å²) in [7, 11) is 0. The van der Waals surface area contributed by atoms with Gasteiger partial charge in [0.1, 0.15) is 5.82 Å². The summed E-state index contributed by atoms with van der Waals surface area (Å²) in [6.07, 6.45) is 3.02. The molecular formula is C16H20N4O. The van der Waals surface area contributed by atoms with Crippen LogP contribution in [0.15, 0.2) is 24.3 Å². The minimum Gasteiger partial charge on any atom is -0.381 e. The van der Waals surface area contributed by atoms with Crippen molar-refractivity contribution in [3.05, 3.63) is 47.0 Å². The number of H-pyrrole nitrogens is 1. The number of fused-ring (bicyclic) bond motifs is 1. The van der Waals surface area contributed by atoms with Gasteiger partial charge in [-0.15, -0.1) is 0 Å². The van der Waals surface area contributed by atoms with E-state index in [2.05, 4.69) is 39.8 Å². The summed E-state index contributed by atoms with van der Waals surface area (Å²) in [6, 6.07) is 8.83. The van der Waals surface area contributed by atoms with Gasteiger partial charge in [0.15, 0.2) is 5.82 Å². The van der Waals surface area contributed by atoms with Gasteiger partial charge < -0.3 is 10.1 Å². The maximum Gasteiger partial charge on any atom is 0.154 e. The molecule has 2 aliphatic rings. The molecule has 2 aliphatic heterocycles. The zero-order chi connectivity index (χ0) is 14.1. The average Bonchev–Trinajstić information content (AvgIpc) is 3.05. The lowest BCUT2D eigenvalue weighted by atomic mass is 9.95. The molecule has 0 aliphatic carbocycles. The maximum atomic E-state index is 5.41. The normalized spacial score (nSPS) is 23.0. The van der Waals surface area contributed by atoms with Gasteiger partial charge in [0.05, 0.1) is 6.04 Å². The van der Waals surface area contributed by atoms with Crippen molar-refractivity contribution >= 4 is 0 Å². The van der Waals surface area contributed by atoms with Crippen LogP contribution in [0.1, 0.15) is 47.6 Å². The molecule has 21 heavy (non-hydrogen) atoms. The number of hydrogen-bond donors (Lipinski definition) is 2. The van der Waals surface area contributed by atoms with Crippen molar-refractivity contribution < 1.29 is 4.74 Å². The van der Waals surface area contributed by atoms with Gasteiger partial charge in [-0.05, 0) is 30.4 Å². The molecule has 2 aromatic rings. The highest BCUT2D eigenvalue weighted by molar-refractivity contribution is 5.30. The minimum atomic E-state index is 0.237. The third-order valence-corrected chi connectivity index (χ3v) is 4.52. The molecule has 110 valence electrons. The summed E-state index contributed by atoms with van der Waals surface area (Å²) in [4.78, 5) is 4.75. The van der Waals surface area contributed by atoms with Gasteiger partial charge in [-0.25, -0.2) is 4.98 Å². The number of aromatic amines is 1. The summed E-state index contributed by atoms with van der Waals surface area (Å²) >= 11 is 0. The third-order valence-electron chi connectivity index (χ3n) is 4.52. The molecule has 0 saturated carbocycles. The van der Waals surface area contributed by atoms with E-state index in [1.54, 1.807) is 0 Å². The van der Waals surface area contributed by atoms with E-state index in [9.17, 15) is 0 Å². The van der Waals surface area contributed by atoms with Crippen LogP contribution in [-0.4, -0.2) is 28.4 Å². The zero-order valence-corrected chi connectivity index (χ0v) is 12.0. The van der Waals surface area contributed by atoms with Crippen LogP contribution in [0, 0.1) is 0 Å². The first kappa shape index (κ1) is 13.0. The lowest BCUT2D eigenvalue weighted by Gasteiger charge is -2.24. The first-order valence-corrected chi connectivity index (χ1v) is 7.70. The number of benzene rings is 1. The van der Waals surface area contributed by atoms with Crippen molar-refractivity contribution in [3.63, 3.8) is 0 Å². The molecule has 4 rings (SSSR count). The molecule has 1 fully saturated rings. The van der Waals surface area contributed by atoms with Crippen LogP contribution in [0.5, 0.6) is 0 Å². The lowest BCUT2D eigenvalue weighted by Crippen LogP contribution is -2.29. The smallest absolute Gasteiger partial charge is 0.154 e. The van der Waals surface area contributed by atoms with E-state index in [4.69, 9.17) is 9.72 Å². The number of aromatic nitrogens is 3. The number of hydrogen-bond acceptors (Lipinski definition) is 4. The van der Waals surface area contributed by atoms with Crippen molar-refractivity contribution in [2.75, 3.05) is 13.2 Å². The highest BCUT2D eigenvalue weighted by Gasteiger charge is 2.25. The van der Waals surface area contributed by atoms with Crippen molar-refractivity contribution in [2.45, 2.75) is 37.8 Å². The fraction of sp³-hybridized carbons (Fsp3) is 0.500. The fourth-order valence-corrected chi connectivity index (χ4v) is 3.23. The number of nitrogens with one attached hydrogen (secondary N) is 2. The van der Waals surface area contributed by atoms with E-state index in [1.807, 2.05) is 0 Å². The first-order valence-electron chi connectivity index (χ1n) is 7.70. The Kier molecular flexibility index (Phi) is 3.45. The molecule has 0 amide bonds. The van der Waals surface area contributed by atoms with E-state index >= 15 is 0 Å². The monoisotopic (exact) mass is 284 g/mol. The molecule has 5 nitrogen and oxygen atoms in total. The highest BCUT2D eigenvalue weighted by Crippen LogP contribution is 2.27. The molecule has 1 atom stereocenters. The Morgan fingerprint density at radius 2 is 1.90 bits per heavy atom. The molecule has 5 heteroatoms. The second-order valence-electron chi connectivity index (χ2n) is 5.87. The van der Waals surface area contributed by atoms with Crippen LogP contribution in [0.3, 0.4) is 0 Å². The Labute approximate surface area is 124 Å². The molecule has 0 unspecified atom stereocenters. The predicted molar refractivity (Wildman–Crippen MR) is 78.9 cm³/mol. The van der Waals surface area contributed by atoms with Crippen LogP contribution < -0.4 is 5.32 Å². The summed E-state index contributed by atoms with van der Waals surface area (Å²) in [5, 5.41) is 11.1. The van der Waals surface area contributed by atoms with Gasteiger partial charge in [-0.1, -0.05) is 24.3 Å². The number of ether oxygens (including phenoxy) is 1. The Morgan fingerprint density at radius 1 is 1.10 bits per heavy atom. The number of rotatable bonds is 2. The summed E-state index contributed by atoms with van der Waals surface area (Å²) in [5.74, 6) is 2.36. The summed E-state index contributed by atoms with van der Waals surface area (Å²) in [6.45, 7) is 2.54. The Balaban J connectivity index is 1.51. The Morgan fingerprint density at radius 3 is 2.76 bits per heavy atom. The van der Waals surface area contributed by atoms with Crippen molar-refractivity contribution in [3.8, 4) is 0 Å². The minimum absolute atomic E-state index is 0.237. The Bertz CT molecular complexity index is 618. The number of nitrogens with zero attached hydrogens (tertiary/aromatic N) is 2. The molecule has 3 heterocycles. The summed E-state index contributed by atoms with van der Waals surface area (Å²) in [5.41, 5.74) is 2.79. The van der Waals surface area contributed by atoms with Crippen molar-refractivity contribution in [1.29, 1.82) is 0 Å². The van der Waals surface area contributed by atoms with E-state index in [1.165, 1.54) is 11.1 Å². The summed E-state index contributed by atoms with van der Waals surface area (Å²) < 4.78 is 5.41. The van der Waals surface area contributed by atoms with Crippen LogP contribution in [0.25, 0.3) is 0 Å². The Hall–Kier alpha value is -1.72. The second-order valence-corrected chi connectivity index (χ2v) is 5.87. The average molecular weight is 284 g/mol. The van der Waals surface area contributed by atoms with Crippen LogP contribution in [-0.2, 0) is 17.7 Å². The van der Waals surface area contributed by atoms with Gasteiger partial charge in [-0.2, -0.15) is 5.10 Å². The van der Waals surface area contributed by atoms with Crippen LogP contribution in [0.4, 0.5) is 0 Å². The molecule has 2 N–H and O–H groups in total. The van der Waals surface area contributed by atoms with Gasteiger partial charge in [0, 0.05) is 25.7 Å². The van der Waals surface area contributed by atoms with Gasteiger partial charge in [-0.3, -0.25) is 5.10 Å². The van der Waals surface area contributed by atoms with E-state index in [-0.39, 0.29) is 6.04 Å². The third kappa shape index (κ3) is 2.59.